The molecular formula is C15H13F2NO3S. The van der Waals surface area contributed by atoms with E-state index in [0.29, 0.717) is 0 Å². The molecule has 0 spiro atoms. The molecule has 0 aliphatic rings. The van der Waals surface area contributed by atoms with E-state index in [1.807, 2.05) is 5.38 Å². The summed E-state index contributed by atoms with van der Waals surface area (Å²) in [6.45, 7) is 0. The van der Waals surface area contributed by atoms with E-state index in [0.717, 1.165) is 30.2 Å². The maximum atomic E-state index is 13.8. The number of thiophene rings is 1. The molecule has 4 nitrogen and oxygen atoms in total. The number of nitrogens with one attached hydrogen (secondary N) is 1. The molecule has 0 fully saturated rings. The van der Waals surface area contributed by atoms with Crippen molar-refractivity contribution in [3.05, 3.63) is 57.8 Å². The summed E-state index contributed by atoms with van der Waals surface area (Å²) in [6.07, 6.45) is 0.0437. The molecule has 1 aromatic carbocycles. The van der Waals surface area contributed by atoms with Crippen molar-refractivity contribution in [1.29, 1.82) is 0 Å². The number of hydrogen-bond acceptors (Lipinski definition) is 4. The first-order valence-electron chi connectivity index (χ1n) is 6.35. The Morgan fingerprint density at radius 2 is 2.09 bits per heavy atom. The average Bonchev–Trinajstić information content (AvgIpc) is 2.99. The van der Waals surface area contributed by atoms with E-state index < -0.39 is 29.6 Å². The quantitative estimate of drug-likeness (QED) is 0.860. The molecule has 7 heteroatoms. The standard InChI is InChI=1S/C15H13F2NO3S/c1-21-15(20)14(11-7-9(16)4-5-12(11)17)18-13(19)8-10-3-2-6-22-10/h2-7,14H,8H2,1H3,(H,18,19)/t14-/m1/s1. The largest absolute Gasteiger partial charge is 0.467 e. The van der Waals surface area contributed by atoms with Crippen LogP contribution in [0.5, 0.6) is 0 Å². The molecule has 1 aromatic heterocycles. The van der Waals surface area contributed by atoms with Crippen molar-refractivity contribution in [2.24, 2.45) is 0 Å². The maximum absolute atomic E-state index is 13.8. The van der Waals surface area contributed by atoms with Crippen molar-refractivity contribution in [3.8, 4) is 0 Å². The molecule has 2 aromatic rings. The zero-order valence-corrected chi connectivity index (χ0v) is 12.5. The molecular weight excluding hydrogens is 312 g/mol. The highest BCUT2D eigenvalue weighted by molar-refractivity contribution is 7.10. The van der Waals surface area contributed by atoms with Gasteiger partial charge in [0.15, 0.2) is 6.04 Å². The Balaban J connectivity index is 2.21. The van der Waals surface area contributed by atoms with Gasteiger partial charge in [-0.2, -0.15) is 0 Å². The predicted molar refractivity (Wildman–Crippen MR) is 77.3 cm³/mol. The minimum absolute atomic E-state index is 0.0437. The summed E-state index contributed by atoms with van der Waals surface area (Å²) in [4.78, 5) is 24.6. The van der Waals surface area contributed by atoms with E-state index in [9.17, 15) is 18.4 Å². The Bertz CT molecular complexity index is 673. The molecule has 1 atom stereocenters. The van der Waals surface area contributed by atoms with Crippen molar-refractivity contribution in [1.82, 2.24) is 5.32 Å². The zero-order chi connectivity index (χ0) is 16.1. The van der Waals surface area contributed by atoms with Crippen LogP contribution in [0.3, 0.4) is 0 Å². The number of esters is 1. The van der Waals surface area contributed by atoms with Gasteiger partial charge in [-0.05, 0) is 29.6 Å². The van der Waals surface area contributed by atoms with E-state index in [-0.39, 0.29) is 12.0 Å². The number of benzene rings is 1. The van der Waals surface area contributed by atoms with Gasteiger partial charge in [-0.3, -0.25) is 4.79 Å². The maximum Gasteiger partial charge on any atom is 0.333 e. The Labute approximate surface area is 129 Å². The zero-order valence-electron chi connectivity index (χ0n) is 11.6. The van der Waals surface area contributed by atoms with Crippen LogP contribution < -0.4 is 5.32 Å². The van der Waals surface area contributed by atoms with E-state index in [2.05, 4.69) is 10.1 Å². The molecule has 0 bridgehead atoms. The first kappa shape index (κ1) is 16.1. The SMILES string of the molecule is COC(=O)[C@H](NC(=O)Cc1cccs1)c1cc(F)ccc1F. The number of carbonyl (C=O) groups excluding carboxylic acids is 2. The van der Waals surface area contributed by atoms with E-state index in [1.54, 1.807) is 12.1 Å². The molecule has 2 rings (SSSR count). The summed E-state index contributed by atoms with van der Waals surface area (Å²) in [5.74, 6) is -2.86. The van der Waals surface area contributed by atoms with Crippen LogP contribution >= 0.6 is 11.3 Å². The molecule has 22 heavy (non-hydrogen) atoms. The van der Waals surface area contributed by atoms with Crippen LogP contribution in [0.2, 0.25) is 0 Å². The van der Waals surface area contributed by atoms with Crippen molar-refractivity contribution in [2.45, 2.75) is 12.5 Å². The Hall–Kier alpha value is -2.28. The van der Waals surface area contributed by atoms with Crippen molar-refractivity contribution in [3.63, 3.8) is 0 Å². The van der Waals surface area contributed by atoms with Gasteiger partial charge in [0, 0.05) is 10.4 Å². The number of ether oxygens (including phenoxy) is 1. The summed E-state index contributed by atoms with van der Waals surface area (Å²) in [5, 5.41) is 4.19. The van der Waals surface area contributed by atoms with Crippen molar-refractivity contribution in [2.75, 3.05) is 7.11 Å². The van der Waals surface area contributed by atoms with Crippen LogP contribution in [0, 0.1) is 11.6 Å². The van der Waals surface area contributed by atoms with Crippen LogP contribution in [0.25, 0.3) is 0 Å². The minimum Gasteiger partial charge on any atom is -0.467 e. The number of halogens is 2. The second-order valence-electron chi connectivity index (χ2n) is 4.45. The van der Waals surface area contributed by atoms with Gasteiger partial charge in [-0.1, -0.05) is 6.07 Å². The molecule has 0 radical (unpaired) electrons. The van der Waals surface area contributed by atoms with Crippen LogP contribution in [0.15, 0.2) is 35.7 Å². The molecule has 0 unspecified atom stereocenters. The molecule has 0 aliphatic carbocycles. The summed E-state index contributed by atoms with van der Waals surface area (Å²) >= 11 is 1.38. The number of rotatable bonds is 5. The lowest BCUT2D eigenvalue weighted by atomic mass is 10.1. The molecule has 1 heterocycles. The number of methoxy groups -OCH3 is 1. The first-order chi connectivity index (χ1) is 10.5. The lowest BCUT2D eigenvalue weighted by molar-refractivity contribution is -0.145. The van der Waals surface area contributed by atoms with Crippen LogP contribution in [-0.2, 0) is 20.7 Å². The van der Waals surface area contributed by atoms with Gasteiger partial charge in [0.2, 0.25) is 5.91 Å². The smallest absolute Gasteiger partial charge is 0.333 e. The Morgan fingerprint density at radius 1 is 1.32 bits per heavy atom. The summed E-state index contributed by atoms with van der Waals surface area (Å²) < 4.78 is 31.7. The van der Waals surface area contributed by atoms with Crippen LogP contribution in [-0.4, -0.2) is 19.0 Å². The fourth-order valence-electron chi connectivity index (χ4n) is 1.90. The fourth-order valence-corrected chi connectivity index (χ4v) is 2.60. The third kappa shape index (κ3) is 3.88. The molecule has 1 N–H and O–H groups in total. The molecule has 1 amide bonds. The Kier molecular flexibility index (Phi) is 5.21. The first-order valence-corrected chi connectivity index (χ1v) is 7.23. The monoisotopic (exact) mass is 325 g/mol. The molecule has 0 saturated heterocycles. The fraction of sp³-hybridized carbons (Fsp3) is 0.200. The van der Waals surface area contributed by atoms with Gasteiger partial charge >= 0.3 is 5.97 Å². The van der Waals surface area contributed by atoms with E-state index in [4.69, 9.17) is 0 Å². The molecule has 116 valence electrons. The second kappa shape index (κ2) is 7.13. The highest BCUT2D eigenvalue weighted by Gasteiger charge is 2.27. The van der Waals surface area contributed by atoms with Gasteiger partial charge in [-0.15, -0.1) is 11.3 Å². The van der Waals surface area contributed by atoms with Crippen LogP contribution in [0.4, 0.5) is 8.78 Å². The summed E-state index contributed by atoms with van der Waals surface area (Å²) in [5.41, 5.74) is -0.272. The van der Waals surface area contributed by atoms with Gasteiger partial charge in [0.05, 0.1) is 13.5 Å². The van der Waals surface area contributed by atoms with Gasteiger partial charge in [0.1, 0.15) is 11.6 Å². The lowest BCUT2D eigenvalue weighted by Gasteiger charge is -2.17. The van der Waals surface area contributed by atoms with Gasteiger partial charge in [-0.25, -0.2) is 13.6 Å². The third-order valence-electron chi connectivity index (χ3n) is 2.93. The lowest BCUT2D eigenvalue weighted by Crippen LogP contribution is -2.36. The predicted octanol–water partition coefficient (Wildman–Crippen LogP) is 2.60. The van der Waals surface area contributed by atoms with E-state index in [1.165, 1.54) is 11.3 Å². The van der Waals surface area contributed by atoms with Crippen molar-refractivity contribution >= 4 is 23.2 Å². The van der Waals surface area contributed by atoms with Crippen molar-refractivity contribution < 1.29 is 23.1 Å². The summed E-state index contributed by atoms with van der Waals surface area (Å²) in [7, 11) is 1.11. The molecule has 0 aliphatic heterocycles. The van der Waals surface area contributed by atoms with Gasteiger partial charge < -0.3 is 10.1 Å². The normalized spacial score (nSPS) is 11.8. The van der Waals surface area contributed by atoms with E-state index >= 15 is 0 Å². The number of carbonyl (C=O) groups is 2. The topological polar surface area (TPSA) is 55.4 Å². The number of hydrogen-bond donors (Lipinski definition) is 1. The second-order valence-corrected chi connectivity index (χ2v) is 5.48. The Morgan fingerprint density at radius 3 is 2.73 bits per heavy atom. The third-order valence-corrected chi connectivity index (χ3v) is 3.80. The average molecular weight is 325 g/mol. The van der Waals surface area contributed by atoms with Crippen LogP contribution in [0.1, 0.15) is 16.5 Å². The summed E-state index contributed by atoms with van der Waals surface area (Å²) in [6, 6.07) is 4.85. The highest BCUT2D eigenvalue weighted by atomic mass is 32.1. The minimum atomic E-state index is -1.40. The highest BCUT2D eigenvalue weighted by Crippen LogP contribution is 2.20. The van der Waals surface area contributed by atoms with Gasteiger partial charge in [0.25, 0.3) is 0 Å². The number of amides is 1. The molecule has 0 saturated carbocycles.